The van der Waals surface area contributed by atoms with Crippen LogP contribution in [0.2, 0.25) is 0 Å². The Morgan fingerprint density at radius 2 is 1.65 bits per heavy atom. The lowest BCUT2D eigenvalue weighted by atomic mass is 10.1. The Kier molecular flexibility index (Phi) is 7.03. The fourth-order valence-electron chi connectivity index (χ4n) is 3.31. The highest BCUT2D eigenvalue weighted by atomic mass is 16.6. The number of rotatable bonds is 8. The fourth-order valence-corrected chi connectivity index (χ4v) is 3.31. The number of fused-ring (bicyclic) bond motifs is 1. The highest BCUT2D eigenvalue weighted by Crippen LogP contribution is 2.21. The molecule has 7 nitrogen and oxygen atoms in total. The van der Waals surface area contributed by atoms with E-state index in [2.05, 4.69) is 5.32 Å². The second-order valence-corrected chi connectivity index (χ2v) is 7.71. The van der Waals surface area contributed by atoms with E-state index in [-0.39, 0.29) is 23.5 Å². The molecule has 0 saturated heterocycles. The van der Waals surface area contributed by atoms with Crippen molar-refractivity contribution in [1.29, 1.82) is 0 Å². The molecule has 1 aromatic heterocycles. The van der Waals surface area contributed by atoms with E-state index in [0.717, 1.165) is 11.1 Å². The Balaban J connectivity index is 1.37. The summed E-state index contributed by atoms with van der Waals surface area (Å²) >= 11 is 0. The molecule has 0 radical (unpaired) electrons. The molecule has 0 unspecified atom stereocenters. The summed E-state index contributed by atoms with van der Waals surface area (Å²) in [5, 5.41) is 3.27. The number of carbonyl (C=O) groups is 2. The summed E-state index contributed by atoms with van der Waals surface area (Å²) in [4.78, 5) is 36.9. The summed E-state index contributed by atoms with van der Waals surface area (Å²) in [5.41, 5.74) is 1.52. The zero-order valence-corrected chi connectivity index (χ0v) is 18.6. The van der Waals surface area contributed by atoms with Crippen LogP contribution in [0.4, 0.5) is 0 Å². The van der Waals surface area contributed by atoms with Gasteiger partial charge in [0.1, 0.15) is 22.6 Å². The highest BCUT2D eigenvalue weighted by Gasteiger charge is 2.15. The van der Waals surface area contributed by atoms with Crippen LogP contribution in [-0.4, -0.2) is 25.0 Å². The molecule has 3 aromatic carbocycles. The molecule has 0 aliphatic heterocycles. The van der Waals surface area contributed by atoms with E-state index in [9.17, 15) is 14.4 Å². The monoisotopic (exact) mass is 457 g/mol. The Bertz CT molecular complexity index is 1360. The molecule has 0 bridgehead atoms. The first kappa shape index (κ1) is 22.8. The maximum absolute atomic E-state index is 12.5. The molecule has 0 aliphatic rings. The molecule has 34 heavy (non-hydrogen) atoms. The summed E-state index contributed by atoms with van der Waals surface area (Å²) < 4.78 is 16.0. The van der Waals surface area contributed by atoms with Gasteiger partial charge in [0.2, 0.25) is 0 Å². The van der Waals surface area contributed by atoms with Gasteiger partial charge < -0.3 is 19.2 Å². The van der Waals surface area contributed by atoms with Crippen molar-refractivity contribution in [2.24, 2.45) is 0 Å². The third kappa shape index (κ3) is 5.89. The SMILES string of the molecule is Cc1ccc(OCC(=O)Oc2ccc3cc(C(=O)NCCc4ccccc4)c(=O)oc3c2)cc1. The first-order chi connectivity index (χ1) is 16.5. The zero-order chi connectivity index (χ0) is 23.9. The molecule has 0 aliphatic carbocycles. The molecule has 4 rings (SSSR count). The van der Waals surface area contributed by atoms with Crippen LogP contribution in [0.15, 0.2) is 88.1 Å². The molecule has 1 N–H and O–H groups in total. The van der Waals surface area contributed by atoms with Crippen molar-refractivity contribution in [2.75, 3.05) is 13.2 Å². The lowest BCUT2D eigenvalue weighted by Crippen LogP contribution is -2.29. The molecule has 0 fully saturated rings. The van der Waals surface area contributed by atoms with Crippen molar-refractivity contribution >= 4 is 22.8 Å². The average Bonchev–Trinajstić information content (AvgIpc) is 2.84. The minimum absolute atomic E-state index is 0.0863. The van der Waals surface area contributed by atoms with Crippen LogP contribution in [0, 0.1) is 6.92 Å². The Morgan fingerprint density at radius 1 is 0.912 bits per heavy atom. The van der Waals surface area contributed by atoms with Crippen molar-refractivity contribution in [3.05, 3.63) is 106 Å². The molecule has 172 valence electrons. The summed E-state index contributed by atoms with van der Waals surface area (Å²) in [5.74, 6) is -0.345. The predicted molar refractivity (Wildman–Crippen MR) is 127 cm³/mol. The van der Waals surface area contributed by atoms with Crippen LogP contribution in [0.25, 0.3) is 11.0 Å². The van der Waals surface area contributed by atoms with Gasteiger partial charge in [-0.15, -0.1) is 0 Å². The molecular formula is C27H23NO6. The average molecular weight is 457 g/mol. The van der Waals surface area contributed by atoms with Crippen molar-refractivity contribution < 1.29 is 23.5 Å². The highest BCUT2D eigenvalue weighted by molar-refractivity contribution is 5.96. The van der Waals surface area contributed by atoms with Crippen LogP contribution in [0.5, 0.6) is 11.5 Å². The minimum atomic E-state index is -0.768. The van der Waals surface area contributed by atoms with E-state index in [0.29, 0.717) is 24.1 Å². The number of aryl methyl sites for hydroxylation is 1. The lowest BCUT2D eigenvalue weighted by Gasteiger charge is -2.08. The van der Waals surface area contributed by atoms with E-state index in [1.54, 1.807) is 24.3 Å². The second kappa shape index (κ2) is 10.5. The third-order valence-corrected chi connectivity index (χ3v) is 5.10. The third-order valence-electron chi connectivity index (χ3n) is 5.10. The van der Waals surface area contributed by atoms with Gasteiger partial charge in [0, 0.05) is 18.0 Å². The second-order valence-electron chi connectivity index (χ2n) is 7.71. The van der Waals surface area contributed by atoms with Gasteiger partial charge in [0.25, 0.3) is 5.91 Å². The molecule has 0 saturated carbocycles. The first-order valence-electron chi connectivity index (χ1n) is 10.8. The van der Waals surface area contributed by atoms with Gasteiger partial charge in [-0.25, -0.2) is 9.59 Å². The minimum Gasteiger partial charge on any atom is -0.482 e. The molecule has 0 atom stereocenters. The van der Waals surface area contributed by atoms with E-state index in [4.69, 9.17) is 13.9 Å². The number of nitrogens with one attached hydrogen (secondary N) is 1. The summed E-state index contributed by atoms with van der Waals surface area (Å²) in [6.07, 6.45) is 0.647. The van der Waals surface area contributed by atoms with Gasteiger partial charge in [0.05, 0.1) is 0 Å². The molecule has 1 amide bonds. The van der Waals surface area contributed by atoms with Gasteiger partial charge in [0.15, 0.2) is 6.61 Å². The van der Waals surface area contributed by atoms with Gasteiger partial charge in [-0.05, 0) is 49.2 Å². The van der Waals surface area contributed by atoms with Crippen LogP contribution in [-0.2, 0) is 11.2 Å². The van der Waals surface area contributed by atoms with Crippen molar-refractivity contribution in [3.8, 4) is 11.5 Å². The number of amides is 1. The summed E-state index contributed by atoms with van der Waals surface area (Å²) in [7, 11) is 0. The normalized spacial score (nSPS) is 10.6. The molecule has 4 aromatic rings. The first-order valence-corrected chi connectivity index (χ1v) is 10.8. The Hall–Kier alpha value is -4.39. The predicted octanol–water partition coefficient (Wildman–Crippen LogP) is 4.06. The van der Waals surface area contributed by atoms with Crippen LogP contribution >= 0.6 is 0 Å². The van der Waals surface area contributed by atoms with Crippen LogP contribution in [0.1, 0.15) is 21.5 Å². The quantitative estimate of drug-likeness (QED) is 0.244. The van der Waals surface area contributed by atoms with Gasteiger partial charge in [-0.3, -0.25) is 4.79 Å². The van der Waals surface area contributed by atoms with Crippen molar-refractivity contribution in [1.82, 2.24) is 5.32 Å². The topological polar surface area (TPSA) is 94.8 Å². The molecule has 7 heteroatoms. The van der Waals surface area contributed by atoms with E-state index in [1.807, 2.05) is 49.4 Å². The van der Waals surface area contributed by atoms with Gasteiger partial charge >= 0.3 is 11.6 Å². The number of esters is 1. The van der Waals surface area contributed by atoms with Crippen LogP contribution in [0.3, 0.4) is 0 Å². The Labute approximate surface area is 195 Å². The van der Waals surface area contributed by atoms with E-state index < -0.39 is 17.5 Å². The van der Waals surface area contributed by atoms with Gasteiger partial charge in [-0.1, -0.05) is 48.0 Å². The standard InChI is InChI=1S/C27H23NO6/c1-18-7-10-21(11-8-18)32-17-25(29)33-22-12-9-20-15-23(27(31)34-24(20)16-22)26(30)28-14-13-19-5-3-2-4-6-19/h2-12,15-16H,13-14,17H2,1H3,(H,28,30). The smallest absolute Gasteiger partial charge is 0.349 e. The van der Waals surface area contributed by atoms with E-state index >= 15 is 0 Å². The molecule has 0 spiro atoms. The van der Waals surface area contributed by atoms with Crippen LogP contribution < -0.4 is 20.4 Å². The number of benzene rings is 3. The number of hydrogen-bond donors (Lipinski definition) is 1. The number of carbonyl (C=O) groups excluding carboxylic acids is 2. The molecular weight excluding hydrogens is 434 g/mol. The Morgan fingerprint density at radius 3 is 2.41 bits per heavy atom. The fraction of sp³-hybridized carbons (Fsp3) is 0.148. The number of hydrogen-bond acceptors (Lipinski definition) is 6. The van der Waals surface area contributed by atoms with Crippen molar-refractivity contribution in [2.45, 2.75) is 13.3 Å². The zero-order valence-electron chi connectivity index (χ0n) is 18.6. The van der Waals surface area contributed by atoms with Gasteiger partial charge in [-0.2, -0.15) is 0 Å². The maximum atomic E-state index is 12.5. The molecule has 1 heterocycles. The number of ether oxygens (including phenoxy) is 2. The maximum Gasteiger partial charge on any atom is 0.349 e. The van der Waals surface area contributed by atoms with E-state index in [1.165, 1.54) is 12.1 Å². The largest absolute Gasteiger partial charge is 0.482 e. The van der Waals surface area contributed by atoms with Crippen molar-refractivity contribution in [3.63, 3.8) is 0 Å². The summed E-state index contributed by atoms with van der Waals surface area (Å²) in [6, 6.07) is 23.1. The lowest BCUT2D eigenvalue weighted by molar-refractivity contribution is -0.136. The summed E-state index contributed by atoms with van der Waals surface area (Å²) in [6.45, 7) is 2.07.